The summed E-state index contributed by atoms with van der Waals surface area (Å²) in [6.45, 7) is 10.9. The number of hydrogen-bond acceptors (Lipinski definition) is 2. The van der Waals surface area contributed by atoms with Gasteiger partial charge in [-0.1, -0.05) is 83.1 Å². The number of carbonyl (C=O) groups excluding carboxylic acids is 1. The largest absolute Gasteiger partial charge is 0.351 e. The number of nitrogens with zero attached hydrogens (tertiary/aromatic N) is 1. The second kappa shape index (κ2) is 9.27. The molecule has 1 unspecified atom stereocenters. The Kier molecular flexibility index (Phi) is 6.42. The molecule has 3 aromatic carbocycles. The fourth-order valence-corrected chi connectivity index (χ4v) is 4.23. The van der Waals surface area contributed by atoms with Crippen molar-refractivity contribution in [2.75, 3.05) is 10.2 Å². The Morgan fingerprint density at radius 2 is 1.33 bits per heavy atom. The van der Waals surface area contributed by atoms with Crippen molar-refractivity contribution in [3.05, 3.63) is 107 Å². The van der Waals surface area contributed by atoms with Crippen LogP contribution in [0.1, 0.15) is 62.9 Å². The van der Waals surface area contributed by atoms with E-state index < -0.39 is 0 Å². The molecule has 0 radical (unpaired) electrons. The average molecular weight is 439 g/mol. The number of carbonyl (C=O) groups is 1. The molecule has 0 saturated heterocycles. The van der Waals surface area contributed by atoms with Crippen molar-refractivity contribution in [1.29, 1.82) is 0 Å². The molecule has 1 atom stereocenters. The SMILES string of the molecule is CCc1ccc(NC2=CC(c3ccc(C(C)(C)C)cc3)N(c3ccc(CC)cc3)C2=O)cc1. The van der Waals surface area contributed by atoms with E-state index in [4.69, 9.17) is 0 Å². The van der Waals surface area contributed by atoms with E-state index in [1.54, 1.807) is 0 Å². The molecule has 3 aromatic rings. The highest BCUT2D eigenvalue weighted by Gasteiger charge is 2.35. The lowest BCUT2D eigenvalue weighted by Gasteiger charge is -2.26. The molecular formula is C30H34N2O. The van der Waals surface area contributed by atoms with Crippen molar-refractivity contribution in [2.45, 2.75) is 58.9 Å². The molecule has 170 valence electrons. The van der Waals surface area contributed by atoms with Gasteiger partial charge in [-0.15, -0.1) is 0 Å². The van der Waals surface area contributed by atoms with Crippen molar-refractivity contribution >= 4 is 17.3 Å². The minimum Gasteiger partial charge on any atom is -0.351 e. The smallest absolute Gasteiger partial charge is 0.275 e. The van der Waals surface area contributed by atoms with Crippen LogP contribution < -0.4 is 10.2 Å². The van der Waals surface area contributed by atoms with Gasteiger partial charge in [-0.25, -0.2) is 0 Å². The zero-order valence-corrected chi connectivity index (χ0v) is 20.4. The van der Waals surface area contributed by atoms with Gasteiger partial charge in [0.2, 0.25) is 0 Å². The Bertz CT molecular complexity index is 1130. The molecule has 0 saturated carbocycles. The average Bonchev–Trinajstić information content (AvgIpc) is 3.15. The molecule has 33 heavy (non-hydrogen) atoms. The van der Waals surface area contributed by atoms with Crippen molar-refractivity contribution < 1.29 is 4.79 Å². The van der Waals surface area contributed by atoms with Crippen molar-refractivity contribution in [3.8, 4) is 0 Å². The van der Waals surface area contributed by atoms with Crippen LogP contribution in [0.5, 0.6) is 0 Å². The van der Waals surface area contributed by atoms with E-state index in [1.807, 2.05) is 17.0 Å². The summed E-state index contributed by atoms with van der Waals surface area (Å²) in [6.07, 6.45) is 4.02. The van der Waals surface area contributed by atoms with Gasteiger partial charge in [0.05, 0.1) is 6.04 Å². The van der Waals surface area contributed by atoms with Crippen LogP contribution in [0.3, 0.4) is 0 Å². The van der Waals surface area contributed by atoms with E-state index in [-0.39, 0.29) is 17.4 Å². The first-order valence-electron chi connectivity index (χ1n) is 11.9. The van der Waals surface area contributed by atoms with Crippen LogP contribution in [-0.4, -0.2) is 5.91 Å². The summed E-state index contributed by atoms with van der Waals surface area (Å²) in [5.74, 6) is -0.0104. The standard InChI is InChI=1S/C30H34N2O/c1-6-21-8-16-25(17-9-21)31-27-20-28(23-12-14-24(15-13-23)30(3,4)5)32(29(27)33)26-18-10-22(7-2)11-19-26/h8-20,28,31H,6-7H2,1-5H3. The molecule has 0 bridgehead atoms. The zero-order valence-electron chi connectivity index (χ0n) is 20.4. The predicted octanol–water partition coefficient (Wildman–Crippen LogP) is 7.19. The summed E-state index contributed by atoms with van der Waals surface area (Å²) in [7, 11) is 0. The van der Waals surface area contributed by atoms with Gasteiger partial charge in [0.25, 0.3) is 5.91 Å². The molecule has 1 aliphatic rings. The highest BCUT2D eigenvalue weighted by atomic mass is 16.2. The number of aryl methyl sites for hydroxylation is 2. The number of nitrogens with one attached hydrogen (secondary N) is 1. The first-order chi connectivity index (χ1) is 15.8. The molecular weight excluding hydrogens is 404 g/mol. The molecule has 0 aliphatic carbocycles. The van der Waals surface area contributed by atoms with E-state index >= 15 is 0 Å². The molecule has 1 aliphatic heterocycles. The third-order valence-corrected chi connectivity index (χ3v) is 6.43. The number of rotatable bonds is 6. The lowest BCUT2D eigenvalue weighted by atomic mass is 9.86. The van der Waals surface area contributed by atoms with Crippen LogP contribution in [-0.2, 0) is 23.1 Å². The van der Waals surface area contributed by atoms with Crippen LogP contribution in [0.2, 0.25) is 0 Å². The quantitative estimate of drug-likeness (QED) is 0.441. The van der Waals surface area contributed by atoms with Crippen LogP contribution in [0, 0.1) is 0 Å². The molecule has 3 nitrogen and oxygen atoms in total. The Morgan fingerprint density at radius 1 is 0.788 bits per heavy atom. The van der Waals surface area contributed by atoms with Gasteiger partial charge >= 0.3 is 0 Å². The van der Waals surface area contributed by atoms with Gasteiger partial charge in [0.1, 0.15) is 5.70 Å². The van der Waals surface area contributed by atoms with E-state index in [2.05, 4.69) is 107 Å². The highest BCUT2D eigenvalue weighted by Crippen LogP contribution is 2.37. The van der Waals surface area contributed by atoms with Gasteiger partial charge in [-0.2, -0.15) is 0 Å². The number of amides is 1. The van der Waals surface area contributed by atoms with E-state index in [0.29, 0.717) is 5.70 Å². The van der Waals surface area contributed by atoms with E-state index in [0.717, 1.165) is 29.8 Å². The van der Waals surface area contributed by atoms with Crippen LogP contribution >= 0.6 is 0 Å². The maximum atomic E-state index is 13.6. The molecule has 0 spiro atoms. The normalized spacial score (nSPS) is 16.2. The Morgan fingerprint density at radius 3 is 1.85 bits per heavy atom. The minimum atomic E-state index is -0.156. The number of hydrogen-bond donors (Lipinski definition) is 1. The minimum absolute atomic E-state index is 0.0104. The van der Waals surface area contributed by atoms with Crippen LogP contribution in [0.4, 0.5) is 11.4 Å². The molecule has 0 aromatic heterocycles. The molecule has 4 rings (SSSR count). The maximum absolute atomic E-state index is 13.6. The lowest BCUT2D eigenvalue weighted by Crippen LogP contribution is -2.30. The topological polar surface area (TPSA) is 32.3 Å². The molecule has 1 N–H and O–H groups in total. The highest BCUT2D eigenvalue weighted by molar-refractivity contribution is 6.11. The van der Waals surface area contributed by atoms with Crippen LogP contribution in [0.15, 0.2) is 84.6 Å². The third kappa shape index (κ3) is 4.88. The first kappa shape index (κ1) is 22.8. The molecule has 3 heteroatoms. The maximum Gasteiger partial charge on any atom is 0.275 e. The zero-order chi connectivity index (χ0) is 23.6. The Hall–Kier alpha value is -3.33. The van der Waals surface area contributed by atoms with Gasteiger partial charge in [-0.05, 0) is 70.9 Å². The fraction of sp³-hybridized carbons (Fsp3) is 0.300. The van der Waals surface area contributed by atoms with Gasteiger partial charge in [0, 0.05) is 11.4 Å². The first-order valence-corrected chi connectivity index (χ1v) is 11.9. The summed E-state index contributed by atoms with van der Waals surface area (Å²) in [4.78, 5) is 15.5. The van der Waals surface area contributed by atoms with Crippen molar-refractivity contribution in [2.24, 2.45) is 0 Å². The predicted molar refractivity (Wildman–Crippen MR) is 139 cm³/mol. The van der Waals surface area contributed by atoms with E-state index in [9.17, 15) is 4.79 Å². The Labute approximate surface area is 198 Å². The van der Waals surface area contributed by atoms with Crippen molar-refractivity contribution in [3.63, 3.8) is 0 Å². The third-order valence-electron chi connectivity index (χ3n) is 6.43. The monoisotopic (exact) mass is 438 g/mol. The summed E-state index contributed by atoms with van der Waals surface area (Å²) < 4.78 is 0. The van der Waals surface area contributed by atoms with Crippen LogP contribution in [0.25, 0.3) is 0 Å². The van der Waals surface area contributed by atoms with Gasteiger partial charge in [-0.3, -0.25) is 9.69 Å². The number of anilines is 2. The summed E-state index contributed by atoms with van der Waals surface area (Å²) in [5.41, 5.74) is 7.48. The van der Waals surface area contributed by atoms with Crippen molar-refractivity contribution in [1.82, 2.24) is 0 Å². The molecule has 1 heterocycles. The molecule has 1 amide bonds. The summed E-state index contributed by atoms with van der Waals surface area (Å²) in [6, 6.07) is 25.1. The fourth-order valence-electron chi connectivity index (χ4n) is 4.23. The summed E-state index contributed by atoms with van der Waals surface area (Å²) >= 11 is 0. The van der Waals surface area contributed by atoms with E-state index in [1.165, 1.54) is 16.7 Å². The Balaban J connectivity index is 1.69. The second-order valence-corrected chi connectivity index (χ2v) is 9.77. The lowest BCUT2D eigenvalue weighted by molar-refractivity contribution is -0.114. The second-order valence-electron chi connectivity index (χ2n) is 9.77. The molecule has 0 fully saturated rings. The van der Waals surface area contributed by atoms with Gasteiger partial charge in [0.15, 0.2) is 0 Å². The number of benzene rings is 3. The van der Waals surface area contributed by atoms with Gasteiger partial charge < -0.3 is 5.32 Å². The summed E-state index contributed by atoms with van der Waals surface area (Å²) in [5, 5.41) is 3.37.